The summed E-state index contributed by atoms with van der Waals surface area (Å²) in [5.74, 6) is 2.65. The van der Waals surface area contributed by atoms with E-state index in [2.05, 4.69) is 37.2 Å². The number of nitrogens with one attached hydrogen (secondary N) is 1. The number of hydrogen-bond acceptors (Lipinski definition) is 6. The molecule has 1 aromatic carbocycles. The molecule has 0 spiro atoms. The van der Waals surface area contributed by atoms with E-state index < -0.39 is 0 Å². The number of benzene rings is 1. The molecule has 2 aliphatic rings. The van der Waals surface area contributed by atoms with Gasteiger partial charge < -0.3 is 24.8 Å². The van der Waals surface area contributed by atoms with Crippen molar-refractivity contribution < 1.29 is 9.53 Å². The predicted octanol–water partition coefficient (Wildman–Crippen LogP) is 2.59. The molecule has 30 heavy (non-hydrogen) atoms. The quantitative estimate of drug-likeness (QED) is 0.839. The Kier molecular flexibility index (Phi) is 6.03. The molecular weight excluding hydrogens is 380 g/mol. The summed E-state index contributed by atoms with van der Waals surface area (Å²) in [4.78, 5) is 28.4. The standard InChI is InChI=1S/C22H30N6O2/c1-16-4-5-17(2)19(14-16)25-22(29)28-8-6-26(7-9-28)20-15-21(24-18(3)23-20)27-10-12-30-13-11-27/h4-5,14-15H,6-13H2,1-3H3,(H,25,29). The predicted molar refractivity (Wildman–Crippen MR) is 119 cm³/mol. The molecule has 2 aromatic rings. The van der Waals surface area contributed by atoms with Gasteiger partial charge in [-0.25, -0.2) is 14.8 Å². The lowest BCUT2D eigenvalue weighted by Gasteiger charge is -2.36. The fourth-order valence-electron chi connectivity index (χ4n) is 3.86. The highest BCUT2D eigenvalue weighted by Crippen LogP contribution is 2.22. The van der Waals surface area contributed by atoms with Crippen molar-refractivity contribution in [1.29, 1.82) is 0 Å². The van der Waals surface area contributed by atoms with Crippen LogP contribution >= 0.6 is 0 Å². The first-order chi connectivity index (χ1) is 14.5. The fraction of sp³-hybridized carbons (Fsp3) is 0.500. The Balaban J connectivity index is 1.39. The van der Waals surface area contributed by atoms with Crippen LogP contribution in [0.1, 0.15) is 17.0 Å². The topological polar surface area (TPSA) is 73.8 Å². The van der Waals surface area contributed by atoms with Crippen LogP contribution in [0.3, 0.4) is 0 Å². The highest BCUT2D eigenvalue weighted by Gasteiger charge is 2.24. The van der Waals surface area contributed by atoms with Crippen molar-refractivity contribution >= 4 is 23.4 Å². The normalized spacial score (nSPS) is 17.2. The number of aromatic nitrogens is 2. The number of hydrogen-bond donors (Lipinski definition) is 1. The third kappa shape index (κ3) is 4.64. The maximum Gasteiger partial charge on any atom is 0.321 e. The number of urea groups is 1. The molecule has 0 atom stereocenters. The van der Waals surface area contributed by atoms with Crippen molar-refractivity contribution in [3.8, 4) is 0 Å². The Morgan fingerprint density at radius 1 is 0.900 bits per heavy atom. The van der Waals surface area contributed by atoms with E-state index >= 15 is 0 Å². The number of carbonyl (C=O) groups excluding carboxylic acids is 1. The second kappa shape index (κ2) is 8.87. The van der Waals surface area contributed by atoms with Crippen LogP contribution in [-0.4, -0.2) is 73.4 Å². The van der Waals surface area contributed by atoms with E-state index in [9.17, 15) is 4.79 Å². The van der Waals surface area contributed by atoms with Crippen LogP contribution in [0.5, 0.6) is 0 Å². The Hall–Kier alpha value is -2.87. The van der Waals surface area contributed by atoms with Crippen molar-refractivity contribution in [2.75, 3.05) is 67.6 Å². The average Bonchev–Trinajstić information content (AvgIpc) is 2.76. The van der Waals surface area contributed by atoms with E-state index in [-0.39, 0.29) is 6.03 Å². The van der Waals surface area contributed by atoms with Crippen LogP contribution < -0.4 is 15.1 Å². The van der Waals surface area contributed by atoms with Gasteiger partial charge in [0.25, 0.3) is 0 Å². The summed E-state index contributed by atoms with van der Waals surface area (Å²) >= 11 is 0. The second-order valence-corrected chi connectivity index (χ2v) is 7.95. The summed E-state index contributed by atoms with van der Waals surface area (Å²) in [6.45, 7) is 11.9. The molecule has 1 aromatic heterocycles. The average molecular weight is 411 g/mol. The molecule has 8 heteroatoms. The van der Waals surface area contributed by atoms with E-state index in [1.807, 2.05) is 37.8 Å². The lowest BCUT2D eigenvalue weighted by Crippen LogP contribution is -2.50. The Morgan fingerprint density at radius 2 is 1.53 bits per heavy atom. The monoisotopic (exact) mass is 410 g/mol. The van der Waals surface area contributed by atoms with Crippen molar-refractivity contribution in [2.24, 2.45) is 0 Å². The van der Waals surface area contributed by atoms with Crippen LogP contribution in [0.4, 0.5) is 22.1 Å². The van der Waals surface area contributed by atoms with Gasteiger partial charge in [0.15, 0.2) is 0 Å². The minimum atomic E-state index is -0.0452. The number of anilines is 3. The molecule has 2 saturated heterocycles. The van der Waals surface area contributed by atoms with E-state index in [0.717, 1.165) is 73.7 Å². The van der Waals surface area contributed by atoms with Crippen molar-refractivity contribution in [1.82, 2.24) is 14.9 Å². The van der Waals surface area contributed by atoms with Crippen molar-refractivity contribution in [3.05, 3.63) is 41.2 Å². The molecule has 160 valence electrons. The van der Waals surface area contributed by atoms with Gasteiger partial charge in [-0.1, -0.05) is 12.1 Å². The summed E-state index contributed by atoms with van der Waals surface area (Å²) < 4.78 is 5.45. The number of carbonyl (C=O) groups is 1. The van der Waals surface area contributed by atoms with Gasteiger partial charge >= 0.3 is 6.03 Å². The van der Waals surface area contributed by atoms with Gasteiger partial charge in [0.05, 0.1) is 13.2 Å². The minimum absolute atomic E-state index is 0.0452. The molecule has 0 saturated carbocycles. The van der Waals surface area contributed by atoms with E-state index in [0.29, 0.717) is 13.1 Å². The third-order valence-corrected chi connectivity index (χ3v) is 5.67. The first kappa shape index (κ1) is 20.4. The lowest BCUT2D eigenvalue weighted by atomic mass is 10.1. The van der Waals surface area contributed by atoms with Crippen LogP contribution in [0, 0.1) is 20.8 Å². The van der Waals surface area contributed by atoms with Gasteiger partial charge in [-0.05, 0) is 38.0 Å². The molecule has 0 bridgehead atoms. The lowest BCUT2D eigenvalue weighted by molar-refractivity contribution is 0.122. The molecule has 1 N–H and O–H groups in total. The highest BCUT2D eigenvalue weighted by atomic mass is 16.5. The first-order valence-corrected chi connectivity index (χ1v) is 10.6. The molecule has 0 aliphatic carbocycles. The molecule has 3 heterocycles. The largest absolute Gasteiger partial charge is 0.378 e. The van der Waals surface area contributed by atoms with Gasteiger partial charge in [0, 0.05) is 51.0 Å². The SMILES string of the molecule is Cc1ccc(C)c(NC(=O)N2CCN(c3cc(N4CCOCC4)nc(C)n3)CC2)c1. The van der Waals surface area contributed by atoms with Crippen LogP contribution in [0.2, 0.25) is 0 Å². The fourth-order valence-corrected chi connectivity index (χ4v) is 3.86. The third-order valence-electron chi connectivity index (χ3n) is 5.67. The minimum Gasteiger partial charge on any atom is -0.378 e. The molecule has 2 aliphatic heterocycles. The number of aryl methyl sites for hydroxylation is 3. The number of nitrogens with zero attached hydrogens (tertiary/aromatic N) is 5. The maximum absolute atomic E-state index is 12.7. The number of piperazine rings is 1. The van der Waals surface area contributed by atoms with Crippen LogP contribution in [-0.2, 0) is 4.74 Å². The molecule has 2 fully saturated rings. The van der Waals surface area contributed by atoms with Gasteiger partial charge in [-0.2, -0.15) is 0 Å². The Morgan fingerprint density at radius 3 is 2.20 bits per heavy atom. The molecule has 0 radical (unpaired) electrons. The number of amides is 2. The Labute approximate surface area is 177 Å². The summed E-state index contributed by atoms with van der Waals surface area (Å²) in [6, 6.07) is 8.12. The highest BCUT2D eigenvalue weighted by molar-refractivity contribution is 5.90. The van der Waals surface area contributed by atoms with Gasteiger partial charge in [-0.15, -0.1) is 0 Å². The smallest absolute Gasteiger partial charge is 0.321 e. The van der Waals surface area contributed by atoms with E-state index in [1.165, 1.54) is 0 Å². The molecule has 0 unspecified atom stereocenters. The van der Waals surface area contributed by atoms with Gasteiger partial charge in [0.2, 0.25) is 0 Å². The van der Waals surface area contributed by atoms with E-state index in [4.69, 9.17) is 4.74 Å². The summed E-state index contributed by atoms with van der Waals surface area (Å²) in [7, 11) is 0. The summed E-state index contributed by atoms with van der Waals surface area (Å²) in [5, 5.41) is 3.06. The van der Waals surface area contributed by atoms with Crippen molar-refractivity contribution in [2.45, 2.75) is 20.8 Å². The number of morpholine rings is 1. The zero-order valence-electron chi connectivity index (χ0n) is 18.0. The second-order valence-electron chi connectivity index (χ2n) is 7.95. The van der Waals surface area contributed by atoms with Crippen LogP contribution in [0.25, 0.3) is 0 Å². The first-order valence-electron chi connectivity index (χ1n) is 10.6. The van der Waals surface area contributed by atoms with Gasteiger partial charge in [0.1, 0.15) is 17.5 Å². The summed E-state index contributed by atoms with van der Waals surface area (Å²) in [5.41, 5.74) is 3.08. The zero-order chi connectivity index (χ0) is 21.1. The van der Waals surface area contributed by atoms with E-state index in [1.54, 1.807) is 0 Å². The molecule has 2 amide bonds. The molecular formula is C22H30N6O2. The Bertz CT molecular complexity index is 904. The summed E-state index contributed by atoms with van der Waals surface area (Å²) in [6.07, 6.45) is 0. The molecule has 8 nitrogen and oxygen atoms in total. The van der Waals surface area contributed by atoms with Gasteiger partial charge in [-0.3, -0.25) is 0 Å². The molecule has 4 rings (SSSR count). The number of rotatable bonds is 3. The van der Waals surface area contributed by atoms with Crippen LogP contribution in [0.15, 0.2) is 24.3 Å². The maximum atomic E-state index is 12.7. The van der Waals surface area contributed by atoms with Crippen molar-refractivity contribution in [3.63, 3.8) is 0 Å². The zero-order valence-corrected chi connectivity index (χ0v) is 18.0. The number of ether oxygens (including phenoxy) is 1.